The average molecular weight is 217 g/mol. The summed E-state index contributed by atoms with van der Waals surface area (Å²) in [5, 5.41) is 19.5. The zero-order valence-electron chi connectivity index (χ0n) is 10.6. The Labute approximate surface area is 93.9 Å². The molecule has 0 saturated heterocycles. The Morgan fingerprint density at radius 1 is 1.13 bits per heavy atom. The van der Waals surface area contributed by atoms with E-state index in [1.807, 2.05) is 0 Å². The Hall–Kier alpha value is -0.120. The molecular formula is C12H27NO2. The van der Waals surface area contributed by atoms with E-state index in [4.69, 9.17) is 10.2 Å². The van der Waals surface area contributed by atoms with E-state index in [9.17, 15) is 0 Å². The maximum atomic E-state index is 8.99. The van der Waals surface area contributed by atoms with Crippen molar-refractivity contribution in [1.29, 1.82) is 0 Å². The summed E-state index contributed by atoms with van der Waals surface area (Å²) in [5.74, 6) is 1.36. The Morgan fingerprint density at radius 2 is 1.67 bits per heavy atom. The van der Waals surface area contributed by atoms with Gasteiger partial charge >= 0.3 is 0 Å². The fraction of sp³-hybridized carbons (Fsp3) is 1.00. The summed E-state index contributed by atoms with van der Waals surface area (Å²) in [4.78, 5) is 0. The Morgan fingerprint density at radius 3 is 2.07 bits per heavy atom. The standard InChI is InChI=1S/C11H23NO.CH4O/c1-11(2,3)12-7-9-4-5-10(6-9)8-13;1-2/h9-10,12-13H,4-8H2,1-3H3;2H,1H3. The molecule has 0 radical (unpaired) electrons. The first-order chi connectivity index (χ1) is 7.01. The SMILES string of the molecule is CC(C)(C)NCC1CCC(CO)C1.CO. The smallest absolute Gasteiger partial charge is 0.0459 e. The molecule has 0 amide bonds. The van der Waals surface area contributed by atoms with Crippen LogP contribution in [0.15, 0.2) is 0 Å². The van der Waals surface area contributed by atoms with Crippen LogP contribution in [0.2, 0.25) is 0 Å². The van der Waals surface area contributed by atoms with Gasteiger partial charge in [-0.05, 0) is 58.4 Å². The highest BCUT2D eigenvalue weighted by Crippen LogP contribution is 2.30. The van der Waals surface area contributed by atoms with Gasteiger partial charge in [-0.1, -0.05) is 0 Å². The summed E-state index contributed by atoms with van der Waals surface area (Å²) in [6.07, 6.45) is 3.71. The van der Waals surface area contributed by atoms with Crippen LogP contribution in [0.3, 0.4) is 0 Å². The van der Waals surface area contributed by atoms with Crippen molar-refractivity contribution in [2.45, 2.75) is 45.6 Å². The second kappa shape index (κ2) is 7.20. The van der Waals surface area contributed by atoms with Gasteiger partial charge in [-0.25, -0.2) is 0 Å². The van der Waals surface area contributed by atoms with Crippen molar-refractivity contribution in [3.8, 4) is 0 Å². The maximum absolute atomic E-state index is 8.99. The highest BCUT2D eigenvalue weighted by Gasteiger charge is 2.24. The molecule has 1 aliphatic rings. The van der Waals surface area contributed by atoms with Crippen LogP contribution in [0.1, 0.15) is 40.0 Å². The van der Waals surface area contributed by atoms with E-state index in [1.165, 1.54) is 19.3 Å². The zero-order valence-corrected chi connectivity index (χ0v) is 10.6. The minimum atomic E-state index is 0.233. The van der Waals surface area contributed by atoms with Gasteiger partial charge in [0.15, 0.2) is 0 Å². The van der Waals surface area contributed by atoms with Crippen LogP contribution >= 0.6 is 0 Å². The molecule has 3 heteroatoms. The number of nitrogens with one attached hydrogen (secondary N) is 1. The minimum absolute atomic E-state index is 0.233. The Kier molecular flexibility index (Phi) is 7.14. The van der Waals surface area contributed by atoms with Crippen molar-refractivity contribution in [3.63, 3.8) is 0 Å². The van der Waals surface area contributed by atoms with Crippen molar-refractivity contribution in [3.05, 3.63) is 0 Å². The molecule has 0 spiro atoms. The molecule has 92 valence electrons. The third-order valence-electron chi connectivity index (χ3n) is 2.83. The van der Waals surface area contributed by atoms with E-state index in [-0.39, 0.29) is 5.54 Å². The molecule has 2 unspecified atom stereocenters. The number of hydrogen-bond acceptors (Lipinski definition) is 3. The van der Waals surface area contributed by atoms with Gasteiger partial charge in [-0.15, -0.1) is 0 Å². The fourth-order valence-corrected chi connectivity index (χ4v) is 1.98. The van der Waals surface area contributed by atoms with E-state index in [2.05, 4.69) is 26.1 Å². The van der Waals surface area contributed by atoms with Gasteiger partial charge in [0, 0.05) is 19.3 Å². The van der Waals surface area contributed by atoms with Crippen LogP contribution in [0.5, 0.6) is 0 Å². The molecule has 1 saturated carbocycles. The Balaban J connectivity index is 0.000000921. The molecule has 0 aliphatic heterocycles. The van der Waals surface area contributed by atoms with Crippen LogP contribution < -0.4 is 5.32 Å². The predicted octanol–water partition coefficient (Wildman–Crippen LogP) is 1.39. The molecular weight excluding hydrogens is 190 g/mol. The molecule has 0 bridgehead atoms. The minimum Gasteiger partial charge on any atom is -0.400 e. The second-order valence-corrected chi connectivity index (χ2v) is 5.36. The highest BCUT2D eigenvalue weighted by molar-refractivity contribution is 4.79. The average Bonchev–Trinajstić information content (AvgIpc) is 2.64. The summed E-state index contributed by atoms with van der Waals surface area (Å²) >= 11 is 0. The molecule has 0 heterocycles. The van der Waals surface area contributed by atoms with E-state index >= 15 is 0 Å². The van der Waals surface area contributed by atoms with Crippen molar-refractivity contribution >= 4 is 0 Å². The lowest BCUT2D eigenvalue weighted by molar-refractivity contribution is 0.225. The van der Waals surface area contributed by atoms with Crippen molar-refractivity contribution in [2.24, 2.45) is 11.8 Å². The zero-order chi connectivity index (χ0) is 11.9. The Bertz CT molecular complexity index is 154. The van der Waals surface area contributed by atoms with Gasteiger partial charge < -0.3 is 15.5 Å². The van der Waals surface area contributed by atoms with E-state index in [0.29, 0.717) is 12.5 Å². The number of aliphatic hydroxyl groups excluding tert-OH is 2. The molecule has 0 aromatic carbocycles. The molecule has 0 aromatic heterocycles. The van der Waals surface area contributed by atoms with Crippen LogP contribution in [0.4, 0.5) is 0 Å². The van der Waals surface area contributed by atoms with Crippen LogP contribution in [-0.4, -0.2) is 36.0 Å². The third-order valence-corrected chi connectivity index (χ3v) is 2.83. The number of rotatable bonds is 3. The van der Waals surface area contributed by atoms with Crippen molar-refractivity contribution in [2.75, 3.05) is 20.3 Å². The molecule has 1 rings (SSSR count). The molecule has 15 heavy (non-hydrogen) atoms. The summed E-state index contributed by atoms with van der Waals surface area (Å²) in [6, 6.07) is 0. The third kappa shape index (κ3) is 6.88. The first kappa shape index (κ1) is 14.9. The lowest BCUT2D eigenvalue weighted by Crippen LogP contribution is -2.38. The van der Waals surface area contributed by atoms with Gasteiger partial charge in [0.2, 0.25) is 0 Å². The molecule has 1 fully saturated rings. The monoisotopic (exact) mass is 217 g/mol. The summed E-state index contributed by atoms with van der Waals surface area (Å²) in [6.45, 7) is 8.09. The van der Waals surface area contributed by atoms with Gasteiger partial charge in [0.25, 0.3) is 0 Å². The first-order valence-corrected chi connectivity index (χ1v) is 5.82. The quantitative estimate of drug-likeness (QED) is 0.669. The van der Waals surface area contributed by atoms with Gasteiger partial charge in [0.1, 0.15) is 0 Å². The summed E-state index contributed by atoms with van der Waals surface area (Å²) in [7, 11) is 1.00. The van der Waals surface area contributed by atoms with Gasteiger partial charge in [0.05, 0.1) is 0 Å². The largest absolute Gasteiger partial charge is 0.400 e. The highest BCUT2D eigenvalue weighted by atomic mass is 16.3. The number of hydrogen-bond donors (Lipinski definition) is 3. The summed E-state index contributed by atoms with van der Waals surface area (Å²) in [5.41, 5.74) is 0.233. The van der Waals surface area contributed by atoms with Gasteiger partial charge in [-0.2, -0.15) is 0 Å². The number of aliphatic hydroxyl groups is 2. The van der Waals surface area contributed by atoms with E-state index < -0.39 is 0 Å². The first-order valence-electron chi connectivity index (χ1n) is 5.82. The van der Waals surface area contributed by atoms with E-state index in [0.717, 1.165) is 19.6 Å². The lowest BCUT2D eigenvalue weighted by Gasteiger charge is -2.23. The van der Waals surface area contributed by atoms with Crippen LogP contribution in [0, 0.1) is 11.8 Å². The van der Waals surface area contributed by atoms with E-state index in [1.54, 1.807) is 0 Å². The van der Waals surface area contributed by atoms with Crippen molar-refractivity contribution in [1.82, 2.24) is 5.32 Å². The van der Waals surface area contributed by atoms with Crippen molar-refractivity contribution < 1.29 is 10.2 Å². The molecule has 0 aromatic rings. The second-order valence-electron chi connectivity index (χ2n) is 5.36. The molecule has 3 nitrogen and oxygen atoms in total. The molecule has 3 N–H and O–H groups in total. The summed E-state index contributed by atoms with van der Waals surface area (Å²) < 4.78 is 0. The predicted molar refractivity (Wildman–Crippen MR) is 63.8 cm³/mol. The van der Waals surface area contributed by atoms with Crippen LogP contribution in [-0.2, 0) is 0 Å². The molecule has 1 aliphatic carbocycles. The van der Waals surface area contributed by atoms with Gasteiger partial charge in [-0.3, -0.25) is 0 Å². The van der Waals surface area contributed by atoms with Crippen LogP contribution in [0.25, 0.3) is 0 Å². The molecule has 2 atom stereocenters. The normalized spacial score (nSPS) is 26.0. The topological polar surface area (TPSA) is 52.5 Å². The lowest BCUT2D eigenvalue weighted by atomic mass is 10.0. The maximum Gasteiger partial charge on any atom is 0.0459 e. The fourth-order valence-electron chi connectivity index (χ4n) is 1.98.